The highest BCUT2D eigenvalue weighted by Crippen LogP contribution is 2.42. The van der Waals surface area contributed by atoms with Crippen molar-refractivity contribution in [3.8, 4) is 0 Å². The quantitative estimate of drug-likeness (QED) is 0.383. The number of esters is 1. The van der Waals surface area contributed by atoms with Gasteiger partial charge in [0.25, 0.3) is 0 Å². The van der Waals surface area contributed by atoms with E-state index in [1.54, 1.807) is 6.08 Å². The Bertz CT molecular complexity index is 239. The molecule has 84 valence electrons. The van der Waals surface area contributed by atoms with Crippen LogP contribution in [0, 0.1) is 5.41 Å². The second-order valence-corrected chi connectivity index (χ2v) is 4.08. The number of carbonyl (C=O) groups is 2. The van der Waals surface area contributed by atoms with Crippen LogP contribution in [0.4, 0.5) is 0 Å². The molecule has 0 atom stereocenters. The van der Waals surface area contributed by atoms with E-state index in [1.165, 1.54) is 0 Å². The molecular weight excluding hydrogens is 192 g/mol. The SMILES string of the molecule is C=CCOC(=O)C1(CCC=O)CCCC1. The Hall–Kier alpha value is -1.12. The van der Waals surface area contributed by atoms with Crippen LogP contribution in [0.5, 0.6) is 0 Å². The van der Waals surface area contributed by atoms with Gasteiger partial charge >= 0.3 is 5.97 Å². The summed E-state index contributed by atoms with van der Waals surface area (Å²) in [6, 6.07) is 0. The molecular formula is C12H18O3. The van der Waals surface area contributed by atoms with Crippen molar-refractivity contribution < 1.29 is 14.3 Å². The van der Waals surface area contributed by atoms with Crippen LogP contribution in [0.25, 0.3) is 0 Å². The third-order valence-electron chi connectivity index (χ3n) is 3.07. The van der Waals surface area contributed by atoms with Crippen molar-refractivity contribution in [2.45, 2.75) is 38.5 Å². The molecule has 1 aliphatic rings. The van der Waals surface area contributed by atoms with E-state index in [0.717, 1.165) is 32.0 Å². The summed E-state index contributed by atoms with van der Waals surface area (Å²) in [7, 11) is 0. The highest BCUT2D eigenvalue weighted by atomic mass is 16.5. The van der Waals surface area contributed by atoms with Crippen molar-refractivity contribution >= 4 is 12.3 Å². The number of hydrogen-bond acceptors (Lipinski definition) is 3. The molecule has 0 aromatic carbocycles. The lowest BCUT2D eigenvalue weighted by molar-refractivity contribution is -0.154. The largest absolute Gasteiger partial charge is 0.461 e. The molecule has 3 heteroatoms. The van der Waals surface area contributed by atoms with E-state index in [4.69, 9.17) is 4.74 Å². The lowest BCUT2D eigenvalue weighted by Crippen LogP contribution is -2.30. The maximum Gasteiger partial charge on any atom is 0.312 e. The number of carbonyl (C=O) groups excluding carboxylic acids is 2. The van der Waals surface area contributed by atoms with Gasteiger partial charge in [-0.05, 0) is 19.3 Å². The monoisotopic (exact) mass is 210 g/mol. The zero-order valence-corrected chi connectivity index (χ0v) is 9.04. The van der Waals surface area contributed by atoms with Gasteiger partial charge in [0.1, 0.15) is 12.9 Å². The van der Waals surface area contributed by atoms with Gasteiger partial charge in [0.2, 0.25) is 0 Å². The van der Waals surface area contributed by atoms with Gasteiger partial charge in [-0.1, -0.05) is 25.5 Å². The summed E-state index contributed by atoms with van der Waals surface area (Å²) in [5.74, 6) is -0.151. The Morgan fingerprint density at radius 1 is 1.40 bits per heavy atom. The maximum absolute atomic E-state index is 11.8. The molecule has 1 rings (SSSR count). The summed E-state index contributed by atoms with van der Waals surface area (Å²) in [5.41, 5.74) is -0.385. The first-order chi connectivity index (χ1) is 7.25. The number of rotatable bonds is 6. The summed E-state index contributed by atoms with van der Waals surface area (Å²) in [6.45, 7) is 3.78. The summed E-state index contributed by atoms with van der Waals surface area (Å²) < 4.78 is 5.10. The molecule has 1 fully saturated rings. The Balaban J connectivity index is 2.58. The van der Waals surface area contributed by atoms with Crippen LogP contribution in [0.3, 0.4) is 0 Å². The molecule has 0 saturated heterocycles. The van der Waals surface area contributed by atoms with Crippen LogP contribution < -0.4 is 0 Å². The minimum atomic E-state index is -0.385. The zero-order valence-electron chi connectivity index (χ0n) is 9.04. The second kappa shape index (κ2) is 5.69. The molecule has 0 bridgehead atoms. The van der Waals surface area contributed by atoms with Gasteiger partial charge in [-0.25, -0.2) is 0 Å². The highest BCUT2D eigenvalue weighted by molar-refractivity contribution is 5.77. The van der Waals surface area contributed by atoms with E-state index in [-0.39, 0.29) is 18.0 Å². The number of aldehydes is 1. The van der Waals surface area contributed by atoms with Crippen LogP contribution in [0.1, 0.15) is 38.5 Å². The smallest absolute Gasteiger partial charge is 0.312 e. The molecule has 15 heavy (non-hydrogen) atoms. The third-order valence-corrected chi connectivity index (χ3v) is 3.07. The normalized spacial score (nSPS) is 18.4. The van der Waals surface area contributed by atoms with E-state index >= 15 is 0 Å². The molecule has 0 aliphatic heterocycles. The minimum Gasteiger partial charge on any atom is -0.461 e. The van der Waals surface area contributed by atoms with Gasteiger partial charge in [0.05, 0.1) is 5.41 Å². The first kappa shape index (κ1) is 12.0. The predicted molar refractivity (Wildman–Crippen MR) is 57.4 cm³/mol. The fraction of sp³-hybridized carbons (Fsp3) is 0.667. The van der Waals surface area contributed by atoms with Crippen LogP contribution >= 0.6 is 0 Å². The van der Waals surface area contributed by atoms with Crippen molar-refractivity contribution in [1.29, 1.82) is 0 Å². The molecule has 0 unspecified atom stereocenters. The summed E-state index contributed by atoms with van der Waals surface area (Å²) in [6.07, 6.45) is 7.36. The van der Waals surface area contributed by atoms with Crippen molar-refractivity contribution in [2.24, 2.45) is 5.41 Å². The molecule has 0 spiro atoms. The van der Waals surface area contributed by atoms with Crippen molar-refractivity contribution in [1.82, 2.24) is 0 Å². The summed E-state index contributed by atoms with van der Waals surface area (Å²) in [5, 5.41) is 0. The molecule has 0 amide bonds. The topological polar surface area (TPSA) is 43.4 Å². The maximum atomic E-state index is 11.8. The van der Waals surface area contributed by atoms with Crippen LogP contribution in [-0.4, -0.2) is 18.9 Å². The molecule has 1 aliphatic carbocycles. The first-order valence-electron chi connectivity index (χ1n) is 5.47. The first-order valence-corrected chi connectivity index (χ1v) is 5.47. The molecule has 0 radical (unpaired) electrons. The van der Waals surface area contributed by atoms with Gasteiger partial charge in [-0.3, -0.25) is 4.79 Å². The Labute approximate surface area is 90.5 Å². The van der Waals surface area contributed by atoms with E-state index in [9.17, 15) is 9.59 Å². The average Bonchev–Trinajstić information content (AvgIpc) is 2.73. The zero-order chi connectivity index (χ0) is 11.1. The molecule has 0 aromatic rings. The van der Waals surface area contributed by atoms with E-state index in [0.29, 0.717) is 12.8 Å². The number of hydrogen-bond donors (Lipinski definition) is 0. The molecule has 3 nitrogen and oxygen atoms in total. The molecule has 0 heterocycles. The minimum absolute atomic E-state index is 0.151. The van der Waals surface area contributed by atoms with Gasteiger partial charge in [0, 0.05) is 6.42 Å². The lowest BCUT2D eigenvalue weighted by Gasteiger charge is -2.25. The highest BCUT2D eigenvalue weighted by Gasteiger charge is 2.41. The predicted octanol–water partition coefficient (Wildman–Crippen LogP) is 2.26. The van der Waals surface area contributed by atoms with Crippen LogP contribution in [0.15, 0.2) is 12.7 Å². The van der Waals surface area contributed by atoms with Gasteiger partial charge in [0.15, 0.2) is 0 Å². The van der Waals surface area contributed by atoms with Crippen molar-refractivity contribution in [3.63, 3.8) is 0 Å². The van der Waals surface area contributed by atoms with Gasteiger partial charge in [-0.2, -0.15) is 0 Å². The molecule has 0 N–H and O–H groups in total. The standard InChI is InChI=1S/C12H18O3/c1-2-10-15-11(14)12(8-5-9-13)6-3-4-7-12/h2,9H,1,3-8,10H2. The lowest BCUT2D eigenvalue weighted by atomic mass is 9.82. The van der Waals surface area contributed by atoms with E-state index in [2.05, 4.69) is 6.58 Å². The summed E-state index contributed by atoms with van der Waals surface area (Å²) in [4.78, 5) is 22.2. The summed E-state index contributed by atoms with van der Waals surface area (Å²) >= 11 is 0. The fourth-order valence-corrected chi connectivity index (χ4v) is 2.23. The van der Waals surface area contributed by atoms with Gasteiger partial charge < -0.3 is 9.53 Å². The van der Waals surface area contributed by atoms with Crippen molar-refractivity contribution in [2.75, 3.05) is 6.61 Å². The Morgan fingerprint density at radius 3 is 2.60 bits per heavy atom. The van der Waals surface area contributed by atoms with Crippen LogP contribution in [0.2, 0.25) is 0 Å². The average molecular weight is 210 g/mol. The van der Waals surface area contributed by atoms with E-state index in [1.807, 2.05) is 0 Å². The Morgan fingerprint density at radius 2 is 2.07 bits per heavy atom. The van der Waals surface area contributed by atoms with Crippen molar-refractivity contribution in [3.05, 3.63) is 12.7 Å². The van der Waals surface area contributed by atoms with E-state index < -0.39 is 0 Å². The van der Waals surface area contributed by atoms with Gasteiger partial charge in [-0.15, -0.1) is 0 Å². The second-order valence-electron chi connectivity index (χ2n) is 4.08. The Kier molecular flexibility index (Phi) is 4.53. The third kappa shape index (κ3) is 2.91. The van der Waals surface area contributed by atoms with Crippen LogP contribution in [-0.2, 0) is 14.3 Å². The number of ether oxygens (including phenoxy) is 1. The molecule has 0 aromatic heterocycles. The molecule has 1 saturated carbocycles. The fourth-order valence-electron chi connectivity index (χ4n) is 2.23.